The molecule has 2 aromatic rings. The van der Waals surface area contributed by atoms with E-state index in [9.17, 15) is 4.79 Å². The standard InChI is InChI=1S/C20H27ClN4O4/c1-4-7-22-20(26)25-15-6-5-12(8-14(15)21)29-19-13-9-17(27-2)18(28-3)10-16(13)23-11-24-19/h9-12,14-15H,4-8H2,1-3H3,(H2,22,25,26). The van der Waals surface area contributed by atoms with Gasteiger partial charge in [0.05, 0.1) is 30.5 Å². The van der Waals surface area contributed by atoms with E-state index in [4.69, 9.17) is 25.8 Å². The molecule has 0 saturated heterocycles. The van der Waals surface area contributed by atoms with Crippen LogP contribution in [0.25, 0.3) is 10.9 Å². The molecular weight excluding hydrogens is 396 g/mol. The van der Waals surface area contributed by atoms with Crippen LogP contribution < -0.4 is 24.8 Å². The number of amides is 2. The van der Waals surface area contributed by atoms with Gasteiger partial charge in [0.15, 0.2) is 11.5 Å². The molecule has 0 aliphatic heterocycles. The Balaban J connectivity index is 1.68. The van der Waals surface area contributed by atoms with Crippen LogP contribution in [0.4, 0.5) is 4.79 Å². The Morgan fingerprint density at radius 1 is 1.21 bits per heavy atom. The van der Waals surface area contributed by atoms with Gasteiger partial charge in [-0.1, -0.05) is 6.92 Å². The van der Waals surface area contributed by atoms with Crippen molar-refractivity contribution in [2.45, 2.75) is 50.1 Å². The van der Waals surface area contributed by atoms with Crippen molar-refractivity contribution in [3.63, 3.8) is 0 Å². The zero-order valence-corrected chi connectivity index (χ0v) is 17.7. The molecule has 1 fully saturated rings. The lowest BCUT2D eigenvalue weighted by Crippen LogP contribution is -2.50. The summed E-state index contributed by atoms with van der Waals surface area (Å²) in [6, 6.07) is 3.35. The highest BCUT2D eigenvalue weighted by Crippen LogP contribution is 2.35. The van der Waals surface area contributed by atoms with Crippen LogP contribution in [0.15, 0.2) is 18.5 Å². The van der Waals surface area contributed by atoms with E-state index in [0.717, 1.165) is 24.6 Å². The molecule has 2 N–H and O–H groups in total. The highest BCUT2D eigenvalue weighted by atomic mass is 35.5. The number of rotatable bonds is 7. The topological polar surface area (TPSA) is 94.6 Å². The number of alkyl halides is 1. The van der Waals surface area contributed by atoms with E-state index in [1.165, 1.54) is 6.33 Å². The van der Waals surface area contributed by atoms with E-state index in [-0.39, 0.29) is 23.6 Å². The smallest absolute Gasteiger partial charge is 0.315 e. The Morgan fingerprint density at radius 3 is 2.66 bits per heavy atom. The molecule has 8 nitrogen and oxygen atoms in total. The first-order valence-electron chi connectivity index (χ1n) is 9.77. The summed E-state index contributed by atoms with van der Waals surface area (Å²) in [4.78, 5) is 20.5. The van der Waals surface area contributed by atoms with Gasteiger partial charge < -0.3 is 24.8 Å². The van der Waals surface area contributed by atoms with Crippen molar-refractivity contribution < 1.29 is 19.0 Å². The lowest BCUT2D eigenvalue weighted by Gasteiger charge is -2.33. The van der Waals surface area contributed by atoms with Crippen LogP contribution in [-0.4, -0.2) is 54.3 Å². The van der Waals surface area contributed by atoms with Gasteiger partial charge in [0.25, 0.3) is 0 Å². The summed E-state index contributed by atoms with van der Waals surface area (Å²) in [6.07, 6.45) is 4.37. The monoisotopic (exact) mass is 422 g/mol. The van der Waals surface area contributed by atoms with Crippen LogP contribution in [-0.2, 0) is 0 Å². The SMILES string of the molecule is CCCNC(=O)NC1CCC(Oc2ncnc3cc(OC)c(OC)cc23)CC1Cl. The molecule has 0 radical (unpaired) electrons. The number of aromatic nitrogens is 2. The van der Waals surface area contributed by atoms with Gasteiger partial charge in [0.2, 0.25) is 5.88 Å². The van der Waals surface area contributed by atoms with Crippen molar-refractivity contribution in [2.24, 2.45) is 0 Å². The fourth-order valence-electron chi connectivity index (χ4n) is 3.42. The number of nitrogens with zero attached hydrogens (tertiary/aromatic N) is 2. The van der Waals surface area contributed by atoms with Crippen molar-refractivity contribution in [1.29, 1.82) is 0 Å². The van der Waals surface area contributed by atoms with Crippen molar-refractivity contribution >= 4 is 28.5 Å². The fourth-order valence-corrected chi connectivity index (χ4v) is 3.81. The van der Waals surface area contributed by atoms with E-state index < -0.39 is 0 Å². The summed E-state index contributed by atoms with van der Waals surface area (Å²) < 4.78 is 16.9. The minimum absolute atomic E-state index is 0.0835. The summed E-state index contributed by atoms with van der Waals surface area (Å²) in [5, 5.41) is 6.29. The molecule has 2 amide bonds. The number of methoxy groups -OCH3 is 2. The minimum atomic E-state index is -0.219. The van der Waals surface area contributed by atoms with E-state index in [0.29, 0.717) is 35.9 Å². The molecule has 158 valence electrons. The zero-order chi connectivity index (χ0) is 20.8. The molecule has 0 spiro atoms. The van der Waals surface area contributed by atoms with E-state index in [1.807, 2.05) is 13.0 Å². The molecule has 1 aromatic carbocycles. The number of benzene rings is 1. The van der Waals surface area contributed by atoms with Crippen LogP contribution in [0.1, 0.15) is 32.6 Å². The van der Waals surface area contributed by atoms with Gasteiger partial charge in [-0.25, -0.2) is 14.8 Å². The average Bonchev–Trinajstić information content (AvgIpc) is 2.73. The quantitative estimate of drug-likeness (QED) is 0.665. The van der Waals surface area contributed by atoms with E-state index in [2.05, 4.69) is 20.6 Å². The summed E-state index contributed by atoms with van der Waals surface area (Å²) in [5.41, 5.74) is 0.707. The largest absolute Gasteiger partial charge is 0.493 e. The van der Waals surface area contributed by atoms with Crippen LogP contribution in [0.3, 0.4) is 0 Å². The number of ether oxygens (including phenoxy) is 3. The number of carbonyl (C=O) groups is 1. The van der Waals surface area contributed by atoms with Crippen LogP contribution in [0.2, 0.25) is 0 Å². The van der Waals surface area contributed by atoms with Gasteiger partial charge in [-0.2, -0.15) is 0 Å². The normalized spacial score (nSPS) is 21.4. The van der Waals surface area contributed by atoms with Gasteiger partial charge >= 0.3 is 6.03 Å². The van der Waals surface area contributed by atoms with Crippen molar-refractivity contribution in [1.82, 2.24) is 20.6 Å². The Kier molecular flexibility index (Phi) is 7.19. The van der Waals surface area contributed by atoms with Gasteiger partial charge in [-0.05, 0) is 25.3 Å². The molecule has 1 aliphatic carbocycles. The second-order valence-corrected chi connectivity index (χ2v) is 7.54. The Labute approximate surface area is 175 Å². The number of hydrogen-bond donors (Lipinski definition) is 2. The number of carbonyl (C=O) groups excluding carboxylic acids is 1. The number of nitrogens with one attached hydrogen (secondary N) is 2. The number of halogens is 1. The van der Waals surface area contributed by atoms with Crippen LogP contribution in [0.5, 0.6) is 17.4 Å². The summed E-state index contributed by atoms with van der Waals surface area (Å²) in [5.74, 6) is 1.66. The number of hydrogen-bond acceptors (Lipinski definition) is 6. The molecule has 1 aromatic heterocycles. The summed E-state index contributed by atoms with van der Waals surface area (Å²) in [6.45, 7) is 2.65. The minimum Gasteiger partial charge on any atom is -0.493 e. The zero-order valence-electron chi connectivity index (χ0n) is 16.9. The van der Waals surface area contributed by atoms with Crippen LogP contribution >= 0.6 is 11.6 Å². The third-order valence-corrected chi connectivity index (χ3v) is 5.44. The maximum atomic E-state index is 11.9. The number of urea groups is 1. The third kappa shape index (κ3) is 5.12. The maximum absolute atomic E-state index is 11.9. The molecule has 3 atom stereocenters. The van der Waals surface area contributed by atoms with E-state index >= 15 is 0 Å². The van der Waals surface area contributed by atoms with Gasteiger partial charge in [-0.3, -0.25) is 0 Å². The predicted molar refractivity (Wildman–Crippen MR) is 111 cm³/mol. The summed E-state index contributed by atoms with van der Waals surface area (Å²) >= 11 is 6.54. The highest BCUT2D eigenvalue weighted by Gasteiger charge is 2.32. The van der Waals surface area contributed by atoms with Gasteiger partial charge in [-0.15, -0.1) is 11.6 Å². The van der Waals surface area contributed by atoms with Gasteiger partial charge in [0, 0.05) is 25.1 Å². The third-order valence-electron chi connectivity index (χ3n) is 4.96. The molecule has 1 heterocycles. The average molecular weight is 423 g/mol. The fraction of sp³-hybridized carbons (Fsp3) is 0.550. The molecule has 3 unspecified atom stereocenters. The second-order valence-electron chi connectivity index (χ2n) is 6.98. The lowest BCUT2D eigenvalue weighted by molar-refractivity contribution is 0.139. The van der Waals surface area contributed by atoms with E-state index in [1.54, 1.807) is 20.3 Å². The Bertz CT molecular complexity index is 851. The maximum Gasteiger partial charge on any atom is 0.315 e. The first kappa shape index (κ1) is 21.2. The second kappa shape index (κ2) is 9.82. The molecule has 3 rings (SSSR count). The Hall–Kier alpha value is -2.48. The Morgan fingerprint density at radius 2 is 1.97 bits per heavy atom. The predicted octanol–water partition coefficient (Wildman–Crippen LogP) is 3.26. The number of fused-ring (bicyclic) bond motifs is 1. The molecule has 9 heteroatoms. The molecule has 29 heavy (non-hydrogen) atoms. The molecule has 0 bridgehead atoms. The first-order valence-corrected chi connectivity index (χ1v) is 10.2. The van der Waals surface area contributed by atoms with Crippen LogP contribution in [0, 0.1) is 0 Å². The first-order chi connectivity index (χ1) is 14.0. The summed E-state index contributed by atoms with van der Waals surface area (Å²) in [7, 11) is 3.16. The lowest BCUT2D eigenvalue weighted by atomic mass is 9.92. The molecule has 1 saturated carbocycles. The van der Waals surface area contributed by atoms with Crippen molar-refractivity contribution in [3.8, 4) is 17.4 Å². The van der Waals surface area contributed by atoms with Crippen molar-refractivity contribution in [3.05, 3.63) is 18.5 Å². The highest BCUT2D eigenvalue weighted by molar-refractivity contribution is 6.21. The van der Waals surface area contributed by atoms with Crippen molar-refractivity contribution in [2.75, 3.05) is 20.8 Å². The van der Waals surface area contributed by atoms with Gasteiger partial charge in [0.1, 0.15) is 12.4 Å². The molecular formula is C20H27ClN4O4. The molecule has 1 aliphatic rings.